The fraction of sp³-hybridized carbons (Fsp3) is 0.250. The highest BCUT2D eigenvalue weighted by Gasteiger charge is 2.30. The normalized spacial score (nSPS) is 11.2. The summed E-state index contributed by atoms with van der Waals surface area (Å²) in [6, 6.07) is 8.21. The molecule has 0 bridgehead atoms. The Labute approximate surface area is 215 Å². The first-order valence-corrected chi connectivity index (χ1v) is 11.3. The summed E-state index contributed by atoms with van der Waals surface area (Å²) < 4.78 is 45.5. The third-order valence-corrected chi connectivity index (χ3v) is 5.27. The van der Waals surface area contributed by atoms with Gasteiger partial charge in [0.25, 0.3) is 5.91 Å². The Bertz CT molecular complexity index is 1450. The van der Waals surface area contributed by atoms with E-state index in [1.165, 1.54) is 20.4 Å². The number of nitrogens with zero attached hydrogens (tertiary/aromatic N) is 6. The van der Waals surface area contributed by atoms with Gasteiger partial charge in [0.15, 0.2) is 11.6 Å². The number of anilines is 4. The Kier molecular flexibility index (Phi) is 7.41. The molecule has 1 amide bonds. The number of rotatable bonds is 8. The number of alkyl halides is 3. The third kappa shape index (κ3) is 5.96. The highest BCUT2D eigenvalue weighted by Crippen LogP contribution is 2.38. The zero-order valence-electron chi connectivity index (χ0n) is 20.9. The Hall–Kier alpha value is -4.75. The Balaban J connectivity index is 1.74. The maximum atomic E-state index is 13.1. The van der Waals surface area contributed by atoms with Gasteiger partial charge >= 0.3 is 6.18 Å². The second kappa shape index (κ2) is 10.7. The molecule has 0 saturated carbocycles. The molecule has 0 fully saturated rings. The number of aryl methyl sites for hydroxylation is 2. The molecule has 14 heteroatoms. The average Bonchev–Trinajstić information content (AvgIpc) is 3.29. The number of aromatic nitrogens is 6. The second-order valence-electron chi connectivity index (χ2n) is 8.13. The lowest BCUT2D eigenvalue weighted by molar-refractivity contribution is -0.142. The van der Waals surface area contributed by atoms with Gasteiger partial charge in [-0.1, -0.05) is 6.07 Å². The van der Waals surface area contributed by atoms with Crippen molar-refractivity contribution in [2.75, 3.05) is 24.8 Å². The van der Waals surface area contributed by atoms with Crippen molar-refractivity contribution in [3.8, 4) is 17.1 Å². The van der Waals surface area contributed by atoms with Crippen LogP contribution in [0.4, 0.5) is 36.2 Å². The second-order valence-corrected chi connectivity index (χ2v) is 8.13. The molecule has 4 aromatic rings. The number of hydrogen-bond acceptors (Lipinski definition) is 9. The summed E-state index contributed by atoms with van der Waals surface area (Å²) in [5.41, 5.74) is 2.00. The minimum atomic E-state index is -4.49. The highest BCUT2D eigenvalue weighted by atomic mass is 19.4. The summed E-state index contributed by atoms with van der Waals surface area (Å²) in [6.07, 6.45) is -2.06. The number of carbonyl (C=O) groups excluding carboxylic acids is 1. The molecular formula is C24H24F3N9O2. The van der Waals surface area contributed by atoms with Gasteiger partial charge in [-0.05, 0) is 26.0 Å². The lowest BCUT2D eigenvalue weighted by atomic mass is 10.1. The summed E-state index contributed by atoms with van der Waals surface area (Å²) in [5, 5.41) is 12.5. The van der Waals surface area contributed by atoms with Gasteiger partial charge in [-0.3, -0.25) is 4.79 Å². The molecular weight excluding hydrogens is 503 g/mol. The van der Waals surface area contributed by atoms with Crippen LogP contribution in [0.1, 0.15) is 21.9 Å². The fourth-order valence-electron chi connectivity index (χ4n) is 3.79. The first-order chi connectivity index (χ1) is 18.1. The Morgan fingerprint density at radius 1 is 1.05 bits per heavy atom. The topological polar surface area (TPSA) is 132 Å². The zero-order chi connectivity index (χ0) is 27.4. The van der Waals surface area contributed by atoms with Crippen LogP contribution in [0.2, 0.25) is 0 Å². The van der Waals surface area contributed by atoms with Gasteiger partial charge in [-0.15, -0.1) is 0 Å². The number of nitrogens with one attached hydrogen (secondary N) is 3. The first kappa shape index (κ1) is 26.3. The molecule has 0 unspecified atom stereocenters. The molecule has 0 saturated heterocycles. The van der Waals surface area contributed by atoms with E-state index in [-0.39, 0.29) is 22.7 Å². The minimum absolute atomic E-state index is 0.0269. The summed E-state index contributed by atoms with van der Waals surface area (Å²) >= 11 is 0. The number of para-hydroxylation sites is 1. The molecule has 3 heterocycles. The van der Waals surface area contributed by atoms with Crippen LogP contribution in [0.25, 0.3) is 11.4 Å². The van der Waals surface area contributed by atoms with Crippen LogP contribution in [0, 0.1) is 13.8 Å². The van der Waals surface area contributed by atoms with E-state index < -0.39 is 18.6 Å². The van der Waals surface area contributed by atoms with Gasteiger partial charge in [0.1, 0.15) is 30.3 Å². The van der Waals surface area contributed by atoms with Gasteiger partial charge in [0.05, 0.1) is 29.6 Å². The Morgan fingerprint density at radius 2 is 1.84 bits per heavy atom. The molecule has 198 valence electrons. The molecule has 11 nitrogen and oxygen atoms in total. The van der Waals surface area contributed by atoms with Crippen molar-refractivity contribution >= 4 is 28.9 Å². The van der Waals surface area contributed by atoms with Crippen LogP contribution < -0.4 is 20.7 Å². The van der Waals surface area contributed by atoms with Crippen molar-refractivity contribution in [2.24, 2.45) is 0 Å². The average molecular weight is 528 g/mol. The lowest BCUT2D eigenvalue weighted by Gasteiger charge is -2.18. The van der Waals surface area contributed by atoms with Gasteiger partial charge in [-0.25, -0.2) is 24.6 Å². The smallest absolute Gasteiger partial charge is 0.408 e. The molecule has 0 aliphatic heterocycles. The van der Waals surface area contributed by atoms with Crippen molar-refractivity contribution in [1.82, 2.24) is 35.0 Å². The van der Waals surface area contributed by atoms with Crippen molar-refractivity contribution in [1.29, 1.82) is 0 Å². The van der Waals surface area contributed by atoms with E-state index in [4.69, 9.17) is 4.74 Å². The molecule has 0 spiro atoms. The van der Waals surface area contributed by atoms with E-state index in [2.05, 4.69) is 41.0 Å². The van der Waals surface area contributed by atoms with Crippen molar-refractivity contribution < 1.29 is 22.7 Å². The molecule has 38 heavy (non-hydrogen) atoms. The molecule has 3 aromatic heterocycles. The van der Waals surface area contributed by atoms with E-state index in [1.54, 1.807) is 37.3 Å². The van der Waals surface area contributed by atoms with Crippen LogP contribution in [0.3, 0.4) is 0 Å². The van der Waals surface area contributed by atoms with Crippen LogP contribution >= 0.6 is 0 Å². The standard InChI is InChI=1S/C24H24F3N9O2/c1-13-8-20(33-14(2)32-13)35-19-9-18(16(10-29-19)23(37)28-3)34-17-7-5-6-15(21(17)38-4)22-30-12-31-36(22)11-24(25,26)27/h5-10,12H,11H2,1-4H3,(H,28,37)(H2,29,32,33,34,35). The number of methoxy groups -OCH3 is 1. The predicted molar refractivity (Wildman–Crippen MR) is 134 cm³/mol. The summed E-state index contributed by atoms with van der Waals surface area (Å²) in [7, 11) is 2.87. The van der Waals surface area contributed by atoms with Crippen molar-refractivity contribution in [3.05, 3.63) is 59.9 Å². The highest BCUT2D eigenvalue weighted by molar-refractivity contribution is 6.00. The van der Waals surface area contributed by atoms with E-state index in [0.29, 0.717) is 28.8 Å². The molecule has 0 aliphatic rings. The zero-order valence-corrected chi connectivity index (χ0v) is 20.9. The quantitative estimate of drug-likeness (QED) is 0.309. The van der Waals surface area contributed by atoms with Crippen molar-refractivity contribution in [2.45, 2.75) is 26.6 Å². The molecule has 0 radical (unpaired) electrons. The number of ether oxygens (including phenoxy) is 1. The number of carbonyl (C=O) groups is 1. The van der Waals surface area contributed by atoms with Crippen LogP contribution in [0.15, 0.2) is 42.9 Å². The number of benzene rings is 1. The maximum absolute atomic E-state index is 13.1. The molecule has 1 aromatic carbocycles. The fourth-order valence-corrected chi connectivity index (χ4v) is 3.79. The number of amides is 1. The van der Waals surface area contributed by atoms with Crippen LogP contribution in [-0.2, 0) is 6.54 Å². The number of pyridine rings is 1. The van der Waals surface area contributed by atoms with Crippen LogP contribution in [0.5, 0.6) is 5.75 Å². The largest absolute Gasteiger partial charge is 0.494 e. The van der Waals surface area contributed by atoms with Gasteiger partial charge in [-0.2, -0.15) is 18.3 Å². The van der Waals surface area contributed by atoms with E-state index in [1.807, 2.05) is 6.92 Å². The van der Waals surface area contributed by atoms with Gasteiger partial charge < -0.3 is 20.7 Å². The van der Waals surface area contributed by atoms with E-state index in [0.717, 1.165) is 16.7 Å². The minimum Gasteiger partial charge on any atom is -0.494 e. The Morgan fingerprint density at radius 3 is 2.53 bits per heavy atom. The maximum Gasteiger partial charge on any atom is 0.408 e. The van der Waals surface area contributed by atoms with Crippen LogP contribution in [-0.4, -0.2) is 56.0 Å². The lowest BCUT2D eigenvalue weighted by Crippen LogP contribution is -2.20. The molecule has 3 N–H and O–H groups in total. The SMILES string of the molecule is CNC(=O)c1cnc(Nc2cc(C)nc(C)n2)cc1Nc1cccc(-c2ncnn2CC(F)(F)F)c1OC. The summed E-state index contributed by atoms with van der Waals surface area (Å²) in [4.78, 5) is 29.5. The van der Waals surface area contributed by atoms with Gasteiger partial charge in [0.2, 0.25) is 0 Å². The van der Waals surface area contributed by atoms with E-state index in [9.17, 15) is 18.0 Å². The summed E-state index contributed by atoms with van der Waals surface area (Å²) in [6.45, 7) is 2.29. The molecule has 0 aliphatic carbocycles. The third-order valence-electron chi connectivity index (χ3n) is 5.27. The first-order valence-electron chi connectivity index (χ1n) is 11.3. The number of halogens is 3. The van der Waals surface area contributed by atoms with Crippen molar-refractivity contribution in [3.63, 3.8) is 0 Å². The van der Waals surface area contributed by atoms with E-state index >= 15 is 0 Å². The van der Waals surface area contributed by atoms with Gasteiger partial charge in [0, 0.05) is 31.1 Å². The molecule has 0 atom stereocenters. The summed E-state index contributed by atoms with van der Waals surface area (Å²) in [5.74, 6) is 1.26. The monoisotopic (exact) mass is 527 g/mol. The number of hydrogen-bond donors (Lipinski definition) is 3. The molecule has 4 rings (SSSR count). The predicted octanol–water partition coefficient (Wildman–Crippen LogP) is 4.16.